The molecule has 0 heterocycles. The number of nitrogens with one attached hydrogen (secondary N) is 1. The minimum absolute atomic E-state index is 0.142. The molecule has 18 heavy (non-hydrogen) atoms. The van der Waals surface area contributed by atoms with Crippen LogP contribution in [0.25, 0.3) is 10.8 Å². The summed E-state index contributed by atoms with van der Waals surface area (Å²) in [5.74, 6) is -0.0193. The highest BCUT2D eigenvalue weighted by Crippen LogP contribution is 2.25. The Balaban J connectivity index is 2.37. The zero-order valence-corrected chi connectivity index (χ0v) is 10.1. The van der Waals surface area contributed by atoms with Gasteiger partial charge in [0.2, 0.25) is 5.91 Å². The van der Waals surface area contributed by atoms with Gasteiger partial charge in [-0.15, -0.1) is 0 Å². The number of phenols is 1. The van der Waals surface area contributed by atoms with Crippen molar-refractivity contribution in [3.63, 3.8) is 0 Å². The number of benzene rings is 2. The Morgan fingerprint density at radius 1 is 1.33 bits per heavy atom. The van der Waals surface area contributed by atoms with Crippen molar-refractivity contribution in [2.45, 2.75) is 13.3 Å². The van der Waals surface area contributed by atoms with Crippen molar-refractivity contribution in [3.05, 3.63) is 42.0 Å². The molecule has 0 aliphatic carbocycles. The van der Waals surface area contributed by atoms with E-state index in [1.54, 1.807) is 13.0 Å². The van der Waals surface area contributed by atoms with Crippen LogP contribution in [0.3, 0.4) is 0 Å². The number of rotatable bonds is 3. The average molecular weight is 242 g/mol. The molecule has 2 aromatic carbocycles. The Labute approximate surface area is 105 Å². The van der Waals surface area contributed by atoms with Crippen LogP contribution in [0.2, 0.25) is 0 Å². The second kappa shape index (κ2) is 5.31. The third-order valence-corrected chi connectivity index (χ3v) is 2.65. The normalized spacial score (nSPS) is 10.9. The van der Waals surface area contributed by atoms with E-state index in [0.29, 0.717) is 12.0 Å². The van der Waals surface area contributed by atoms with E-state index in [4.69, 9.17) is 0 Å². The number of phenolic OH excluding ortho intramolecular Hbond substituents is 1. The number of nitrogens with zero attached hydrogens (tertiary/aromatic N) is 1. The molecule has 0 spiro atoms. The number of amides is 1. The summed E-state index contributed by atoms with van der Waals surface area (Å²) in [5, 5.41) is 15.6. The molecule has 92 valence electrons. The Bertz CT molecular complexity index is 606. The first-order chi connectivity index (χ1) is 8.72. The summed E-state index contributed by atoms with van der Waals surface area (Å²) in [6.45, 7) is 1.75. The van der Waals surface area contributed by atoms with Crippen LogP contribution in [-0.4, -0.2) is 17.2 Å². The molecule has 4 heteroatoms. The number of hydrogen-bond donors (Lipinski definition) is 2. The zero-order chi connectivity index (χ0) is 13.0. The van der Waals surface area contributed by atoms with Crippen molar-refractivity contribution in [1.82, 2.24) is 5.43 Å². The second-order valence-corrected chi connectivity index (χ2v) is 3.87. The van der Waals surface area contributed by atoms with Gasteiger partial charge >= 0.3 is 0 Å². The van der Waals surface area contributed by atoms with Gasteiger partial charge in [0.1, 0.15) is 5.75 Å². The lowest BCUT2D eigenvalue weighted by Gasteiger charge is -2.04. The molecule has 2 aromatic rings. The maximum atomic E-state index is 11.1. The highest BCUT2D eigenvalue weighted by molar-refractivity contribution is 6.02. The standard InChI is InChI=1S/C14H14N2O2/c1-2-14(18)16-15-9-12-11-6-4-3-5-10(11)7-8-13(12)17/h3-9,17H,2H2,1H3,(H,16,18)/b15-9+. The lowest BCUT2D eigenvalue weighted by Crippen LogP contribution is -2.15. The summed E-state index contributed by atoms with van der Waals surface area (Å²) < 4.78 is 0. The zero-order valence-electron chi connectivity index (χ0n) is 10.1. The van der Waals surface area contributed by atoms with Gasteiger partial charge in [-0.05, 0) is 16.8 Å². The lowest BCUT2D eigenvalue weighted by molar-refractivity contribution is -0.120. The second-order valence-electron chi connectivity index (χ2n) is 3.87. The van der Waals surface area contributed by atoms with Gasteiger partial charge in [0, 0.05) is 12.0 Å². The molecule has 0 unspecified atom stereocenters. The van der Waals surface area contributed by atoms with Crippen molar-refractivity contribution < 1.29 is 9.90 Å². The van der Waals surface area contributed by atoms with Crippen LogP contribution in [0.4, 0.5) is 0 Å². The van der Waals surface area contributed by atoms with E-state index >= 15 is 0 Å². The third kappa shape index (κ3) is 2.48. The molecule has 2 N–H and O–H groups in total. The molecule has 0 aliphatic rings. The largest absolute Gasteiger partial charge is 0.507 e. The molecule has 0 saturated heterocycles. The molecular formula is C14H14N2O2. The van der Waals surface area contributed by atoms with Crippen LogP contribution in [0.1, 0.15) is 18.9 Å². The number of fused-ring (bicyclic) bond motifs is 1. The summed E-state index contributed by atoms with van der Waals surface area (Å²) >= 11 is 0. The lowest BCUT2D eigenvalue weighted by atomic mass is 10.0. The predicted octanol–water partition coefficient (Wildman–Crippen LogP) is 2.41. The molecule has 0 radical (unpaired) electrons. The highest BCUT2D eigenvalue weighted by atomic mass is 16.3. The summed E-state index contributed by atoms with van der Waals surface area (Å²) in [4.78, 5) is 11.1. The molecule has 0 bridgehead atoms. The van der Waals surface area contributed by atoms with Crippen LogP contribution < -0.4 is 5.43 Å². The van der Waals surface area contributed by atoms with E-state index < -0.39 is 0 Å². The van der Waals surface area contributed by atoms with Gasteiger partial charge in [-0.2, -0.15) is 5.10 Å². The van der Waals surface area contributed by atoms with Gasteiger partial charge in [-0.3, -0.25) is 4.79 Å². The smallest absolute Gasteiger partial charge is 0.239 e. The van der Waals surface area contributed by atoms with Crippen molar-refractivity contribution in [2.75, 3.05) is 0 Å². The SMILES string of the molecule is CCC(=O)N/N=C/c1c(O)ccc2ccccc12. The average Bonchev–Trinajstić information content (AvgIpc) is 2.41. The van der Waals surface area contributed by atoms with Crippen LogP contribution in [0.5, 0.6) is 5.75 Å². The highest BCUT2D eigenvalue weighted by Gasteiger charge is 2.04. The molecule has 4 nitrogen and oxygen atoms in total. The Hall–Kier alpha value is -2.36. The van der Waals surface area contributed by atoms with E-state index in [2.05, 4.69) is 10.5 Å². The topological polar surface area (TPSA) is 61.7 Å². The van der Waals surface area contributed by atoms with Gasteiger partial charge in [-0.25, -0.2) is 5.43 Å². The maximum Gasteiger partial charge on any atom is 0.239 e. The monoisotopic (exact) mass is 242 g/mol. The first-order valence-corrected chi connectivity index (χ1v) is 5.75. The third-order valence-electron chi connectivity index (χ3n) is 2.65. The van der Waals surface area contributed by atoms with Crippen LogP contribution >= 0.6 is 0 Å². The molecule has 0 aliphatic heterocycles. The molecular weight excluding hydrogens is 228 g/mol. The van der Waals surface area contributed by atoms with Gasteiger partial charge in [0.05, 0.1) is 6.21 Å². The first-order valence-electron chi connectivity index (χ1n) is 5.75. The first kappa shape index (κ1) is 12.1. The van der Waals surface area contributed by atoms with Gasteiger partial charge in [0.15, 0.2) is 0 Å². The Morgan fingerprint density at radius 3 is 2.89 bits per heavy atom. The summed E-state index contributed by atoms with van der Waals surface area (Å²) in [6, 6.07) is 11.1. The molecule has 0 aromatic heterocycles. The minimum Gasteiger partial charge on any atom is -0.507 e. The number of carbonyl (C=O) groups is 1. The Kier molecular flexibility index (Phi) is 3.57. The van der Waals surface area contributed by atoms with E-state index in [0.717, 1.165) is 10.8 Å². The van der Waals surface area contributed by atoms with E-state index in [-0.39, 0.29) is 11.7 Å². The summed E-state index contributed by atoms with van der Waals surface area (Å²) in [5.41, 5.74) is 2.99. The van der Waals surface area contributed by atoms with Crippen molar-refractivity contribution in [1.29, 1.82) is 0 Å². The number of hydrogen-bond acceptors (Lipinski definition) is 3. The fraction of sp³-hybridized carbons (Fsp3) is 0.143. The maximum absolute atomic E-state index is 11.1. The minimum atomic E-state index is -0.161. The van der Waals surface area contributed by atoms with Crippen molar-refractivity contribution >= 4 is 22.9 Å². The van der Waals surface area contributed by atoms with E-state index in [1.165, 1.54) is 6.21 Å². The predicted molar refractivity (Wildman–Crippen MR) is 71.6 cm³/mol. The van der Waals surface area contributed by atoms with Crippen molar-refractivity contribution in [3.8, 4) is 5.75 Å². The van der Waals surface area contributed by atoms with Gasteiger partial charge < -0.3 is 5.11 Å². The number of aromatic hydroxyl groups is 1. The van der Waals surface area contributed by atoms with Crippen molar-refractivity contribution in [2.24, 2.45) is 5.10 Å². The van der Waals surface area contributed by atoms with E-state index in [9.17, 15) is 9.90 Å². The van der Waals surface area contributed by atoms with Crippen LogP contribution in [0, 0.1) is 0 Å². The fourth-order valence-corrected chi connectivity index (χ4v) is 1.67. The van der Waals surface area contributed by atoms with Gasteiger partial charge in [-0.1, -0.05) is 37.3 Å². The molecule has 0 fully saturated rings. The molecule has 1 amide bonds. The van der Waals surface area contributed by atoms with Crippen LogP contribution in [0.15, 0.2) is 41.5 Å². The summed E-state index contributed by atoms with van der Waals surface area (Å²) in [6.07, 6.45) is 1.84. The van der Waals surface area contributed by atoms with Gasteiger partial charge in [0.25, 0.3) is 0 Å². The molecule has 0 atom stereocenters. The number of carbonyl (C=O) groups excluding carboxylic acids is 1. The Morgan fingerprint density at radius 2 is 2.11 bits per heavy atom. The van der Waals surface area contributed by atoms with Crippen LogP contribution in [-0.2, 0) is 4.79 Å². The number of hydrazone groups is 1. The molecule has 0 saturated carbocycles. The quantitative estimate of drug-likeness (QED) is 0.641. The van der Waals surface area contributed by atoms with E-state index in [1.807, 2.05) is 30.3 Å². The summed E-state index contributed by atoms with van der Waals surface area (Å²) in [7, 11) is 0. The molecule has 2 rings (SSSR count). The fourth-order valence-electron chi connectivity index (χ4n) is 1.67.